The van der Waals surface area contributed by atoms with E-state index in [-0.39, 0.29) is 31.1 Å². The number of ether oxygens (including phenoxy) is 3. The second-order valence-electron chi connectivity index (χ2n) is 26.6. The Bertz CT molecular complexity index is 1250. The molecule has 1 unspecified atom stereocenters. The van der Waals surface area contributed by atoms with E-state index in [4.69, 9.17) is 14.2 Å². The lowest BCUT2D eigenvalue weighted by Crippen LogP contribution is -2.30. The number of unbranched alkanes of at least 4 members (excludes halogenated alkanes) is 62. The smallest absolute Gasteiger partial charge is 0.306 e. The van der Waals surface area contributed by atoms with Crippen LogP contribution in [0.25, 0.3) is 0 Å². The molecule has 6 heteroatoms. The summed E-state index contributed by atoms with van der Waals surface area (Å²) in [6.07, 6.45) is 87.3. The summed E-state index contributed by atoms with van der Waals surface area (Å²) >= 11 is 0. The molecule has 0 fully saturated rings. The second-order valence-corrected chi connectivity index (χ2v) is 26.6. The molecular weight excluding hydrogens is 1020 g/mol. The Morgan fingerprint density at radius 1 is 0.193 bits per heavy atom. The van der Waals surface area contributed by atoms with Crippen LogP contribution in [-0.2, 0) is 28.6 Å². The van der Waals surface area contributed by atoms with Gasteiger partial charge in [-0.1, -0.05) is 419 Å². The molecule has 0 aromatic heterocycles. The molecule has 0 spiro atoms. The number of hydrogen-bond donors (Lipinski definition) is 0. The predicted molar refractivity (Wildman–Crippen MR) is 363 cm³/mol. The van der Waals surface area contributed by atoms with Crippen LogP contribution in [0.3, 0.4) is 0 Å². The molecule has 0 aliphatic carbocycles. The lowest BCUT2D eigenvalue weighted by molar-refractivity contribution is -0.167. The van der Waals surface area contributed by atoms with Crippen LogP contribution in [-0.4, -0.2) is 37.2 Å². The monoisotopic (exact) mass is 1170 g/mol. The highest BCUT2D eigenvalue weighted by Crippen LogP contribution is 2.20. The molecule has 0 heterocycles. The molecule has 0 rings (SSSR count). The van der Waals surface area contributed by atoms with Gasteiger partial charge in [-0.15, -0.1) is 0 Å². The average Bonchev–Trinajstić information content (AvgIpc) is 3.50. The van der Waals surface area contributed by atoms with E-state index in [0.29, 0.717) is 19.3 Å². The summed E-state index contributed by atoms with van der Waals surface area (Å²) in [7, 11) is 0. The standard InChI is InChI=1S/C77H150O6/c1-4-7-10-13-16-19-22-25-28-31-33-35-36-37-38-39-40-41-42-43-45-46-49-52-55-58-61-64-67-70-76(79)82-73-74(72-81-75(78)69-66-63-60-57-54-51-48-30-27-24-21-18-15-12-9-6-3)83-77(80)71-68-65-62-59-56-53-50-47-44-34-32-29-26-23-20-17-14-11-8-5-2/h74H,4-73H2,1-3H3. The van der Waals surface area contributed by atoms with E-state index in [1.54, 1.807) is 0 Å². The average molecular weight is 1170 g/mol. The third-order valence-electron chi connectivity index (χ3n) is 18.1. The molecule has 83 heavy (non-hydrogen) atoms. The van der Waals surface area contributed by atoms with E-state index in [2.05, 4.69) is 20.8 Å². The van der Waals surface area contributed by atoms with Crippen LogP contribution in [0.1, 0.15) is 457 Å². The number of esters is 3. The molecule has 1 atom stereocenters. The molecule has 0 aliphatic heterocycles. The molecule has 0 saturated heterocycles. The fourth-order valence-corrected chi connectivity index (χ4v) is 12.3. The van der Waals surface area contributed by atoms with E-state index >= 15 is 0 Å². The van der Waals surface area contributed by atoms with Gasteiger partial charge in [-0.3, -0.25) is 14.4 Å². The Kier molecular flexibility index (Phi) is 71.5. The van der Waals surface area contributed by atoms with Crippen LogP contribution < -0.4 is 0 Å². The third kappa shape index (κ3) is 71.1. The molecule has 0 N–H and O–H groups in total. The van der Waals surface area contributed by atoms with Crippen molar-refractivity contribution in [1.29, 1.82) is 0 Å². The zero-order valence-corrected chi connectivity index (χ0v) is 57.0. The van der Waals surface area contributed by atoms with Crippen molar-refractivity contribution in [3.63, 3.8) is 0 Å². The minimum atomic E-state index is -0.764. The molecule has 0 bridgehead atoms. The fourth-order valence-electron chi connectivity index (χ4n) is 12.3. The number of carbonyl (C=O) groups is 3. The van der Waals surface area contributed by atoms with Gasteiger partial charge in [0.2, 0.25) is 0 Å². The predicted octanol–water partition coefficient (Wildman–Crippen LogP) is 26.6. The number of carbonyl (C=O) groups excluding carboxylic acids is 3. The van der Waals surface area contributed by atoms with Gasteiger partial charge in [0.05, 0.1) is 0 Å². The molecule has 494 valence electrons. The Morgan fingerprint density at radius 3 is 0.482 bits per heavy atom. The quantitative estimate of drug-likeness (QED) is 0.0343. The zero-order valence-electron chi connectivity index (χ0n) is 57.0. The summed E-state index contributed by atoms with van der Waals surface area (Å²) in [5.74, 6) is -0.814. The molecule has 0 aromatic rings. The van der Waals surface area contributed by atoms with Gasteiger partial charge >= 0.3 is 17.9 Å². The lowest BCUT2D eigenvalue weighted by atomic mass is 10.0. The van der Waals surface area contributed by atoms with Crippen LogP contribution in [0.5, 0.6) is 0 Å². The Labute approximate surface area is 520 Å². The van der Waals surface area contributed by atoms with Crippen LogP contribution in [0.2, 0.25) is 0 Å². The van der Waals surface area contributed by atoms with Crippen molar-refractivity contribution in [3.8, 4) is 0 Å². The molecule has 0 amide bonds. The second kappa shape index (κ2) is 72.9. The maximum absolute atomic E-state index is 13.0. The summed E-state index contributed by atoms with van der Waals surface area (Å²) in [6, 6.07) is 0. The fraction of sp³-hybridized carbons (Fsp3) is 0.961. The van der Waals surface area contributed by atoms with Gasteiger partial charge in [-0.2, -0.15) is 0 Å². The molecule has 0 saturated carbocycles. The molecule has 0 aliphatic rings. The Morgan fingerprint density at radius 2 is 0.325 bits per heavy atom. The third-order valence-corrected chi connectivity index (χ3v) is 18.1. The normalized spacial score (nSPS) is 11.9. The van der Waals surface area contributed by atoms with Crippen LogP contribution >= 0.6 is 0 Å². The van der Waals surface area contributed by atoms with Crippen molar-refractivity contribution >= 4 is 17.9 Å². The van der Waals surface area contributed by atoms with Gasteiger partial charge in [0.25, 0.3) is 0 Å². The summed E-state index contributed by atoms with van der Waals surface area (Å²) in [5.41, 5.74) is 0. The van der Waals surface area contributed by atoms with Crippen LogP contribution in [0.4, 0.5) is 0 Å². The number of rotatable bonds is 73. The maximum atomic E-state index is 13.0. The highest BCUT2D eigenvalue weighted by atomic mass is 16.6. The topological polar surface area (TPSA) is 78.9 Å². The molecule has 6 nitrogen and oxygen atoms in total. The summed E-state index contributed by atoms with van der Waals surface area (Å²) < 4.78 is 17.1. The van der Waals surface area contributed by atoms with E-state index in [1.165, 1.54) is 360 Å². The largest absolute Gasteiger partial charge is 0.462 e. The van der Waals surface area contributed by atoms with E-state index in [9.17, 15) is 14.4 Å². The molecule has 0 aromatic carbocycles. The first kappa shape index (κ1) is 81.4. The van der Waals surface area contributed by atoms with Crippen molar-refractivity contribution in [3.05, 3.63) is 0 Å². The Hall–Kier alpha value is -1.59. The first-order valence-corrected chi connectivity index (χ1v) is 38.5. The van der Waals surface area contributed by atoms with E-state index in [0.717, 1.165) is 57.8 Å². The SMILES string of the molecule is CCCCCCCCCCCCCCCCCCCCCCCCCCCCCCCC(=O)OCC(COC(=O)CCCCCCCCCCCCCCCCCC)OC(=O)CCCCCCCCCCCCCCCCCCCCCC. The summed E-state index contributed by atoms with van der Waals surface area (Å²) in [4.78, 5) is 38.5. The van der Waals surface area contributed by atoms with Crippen LogP contribution in [0.15, 0.2) is 0 Å². The first-order valence-electron chi connectivity index (χ1n) is 38.5. The highest BCUT2D eigenvalue weighted by Gasteiger charge is 2.20. The van der Waals surface area contributed by atoms with Crippen molar-refractivity contribution in [2.45, 2.75) is 463 Å². The first-order chi connectivity index (χ1) is 41.0. The molecule has 0 radical (unpaired) electrons. The highest BCUT2D eigenvalue weighted by molar-refractivity contribution is 5.71. The van der Waals surface area contributed by atoms with Crippen molar-refractivity contribution in [1.82, 2.24) is 0 Å². The van der Waals surface area contributed by atoms with Crippen molar-refractivity contribution in [2.75, 3.05) is 13.2 Å². The molecular formula is C77H150O6. The van der Waals surface area contributed by atoms with Crippen molar-refractivity contribution < 1.29 is 28.6 Å². The van der Waals surface area contributed by atoms with E-state index < -0.39 is 6.10 Å². The lowest BCUT2D eigenvalue weighted by Gasteiger charge is -2.18. The maximum Gasteiger partial charge on any atom is 0.306 e. The van der Waals surface area contributed by atoms with E-state index in [1.807, 2.05) is 0 Å². The van der Waals surface area contributed by atoms with Crippen molar-refractivity contribution in [2.24, 2.45) is 0 Å². The Balaban J connectivity index is 4.17. The van der Waals surface area contributed by atoms with Crippen LogP contribution in [0, 0.1) is 0 Å². The summed E-state index contributed by atoms with van der Waals surface area (Å²) in [6.45, 7) is 6.76. The minimum Gasteiger partial charge on any atom is -0.462 e. The summed E-state index contributed by atoms with van der Waals surface area (Å²) in [5, 5.41) is 0. The van der Waals surface area contributed by atoms with Gasteiger partial charge < -0.3 is 14.2 Å². The van der Waals surface area contributed by atoms with Gasteiger partial charge in [0, 0.05) is 19.3 Å². The van der Waals surface area contributed by atoms with Gasteiger partial charge in [-0.05, 0) is 19.3 Å². The minimum absolute atomic E-state index is 0.0598. The van der Waals surface area contributed by atoms with Gasteiger partial charge in [0.1, 0.15) is 13.2 Å². The zero-order chi connectivity index (χ0) is 59.9. The van der Waals surface area contributed by atoms with Gasteiger partial charge in [-0.25, -0.2) is 0 Å². The van der Waals surface area contributed by atoms with Gasteiger partial charge in [0.15, 0.2) is 6.10 Å². The number of hydrogen-bond acceptors (Lipinski definition) is 6.